The van der Waals surface area contributed by atoms with Crippen LogP contribution >= 0.6 is 11.6 Å². The lowest BCUT2D eigenvalue weighted by atomic mass is 9.91. The average Bonchev–Trinajstić information content (AvgIpc) is 2.42. The van der Waals surface area contributed by atoms with Crippen LogP contribution in [0.2, 0.25) is 5.02 Å². The highest BCUT2D eigenvalue weighted by Crippen LogP contribution is 2.32. The van der Waals surface area contributed by atoms with E-state index in [-0.39, 0.29) is 0 Å². The van der Waals surface area contributed by atoms with E-state index in [1.54, 1.807) is 0 Å². The second-order valence-electron chi connectivity index (χ2n) is 5.64. The normalized spacial score (nSPS) is 20.6. The minimum Gasteiger partial charge on any atom is -0.306 e. The summed E-state index contributed by atoms with van der Waals surface area (Å²) in [6.45, 7) is 3.25. The van der Waals surface area contributed by atoms with Gasteiger partial charge >= 0.3 is 0 Å². The molecule has 0 fully saturated rings. The molecule has 1 N–H and O–H groups in total. The van der Waals surface area contributed by atoms with Gasteiger partial charge in [-0.2, -0.15) is 0 Å². The van der Waals surface area contributed by atoms with Crippen molar-refractivity contribution in [2.45, 2.75) is 57.9 Å². The zero-order valence-electron chi connectivity index (χ0n) is 12.5. The second-order valence-corrected chi connectivity index (χ2v) is 6.05. The van der Waals surface area contributed by atoms with Crippen molar-refractivity contribution in [1.29, 1.82) is 0 Å². The van der Waals surface area contributed by atoms with Crippen LogP contribution in [0.25, 0.3) is 0 Å². The third-order valence-corrected chi connectivity index (χ3v) is 4.36. The maximum Gasteiger partial charge on any atom is 0.0550 e. The first kappa shape index (κ1) is 15.6. The van der Waals surface area contributed by atoms with Gasteiger partial charge in [0.15, 0.2) is 0 Å². The molecule has 1 aromatic carbocycles. The van der Waals surface area contributed by atoms with E-state index in [9.17, 15) is 0 Å². The van der Waals surface area contributed by atoms with Crippen molar-refractivity contribution in [3.05, 3.63) is 46.5 Å². The highest BCUT2D eigenvalue weighted by Gasteiger charge is 2.18. The molecule has 2 rings (SSSR count). The van der Waals surface area contributed by atoms with Crippen molar-refractivity contribution in [2.75, 3.05) is 6.54 Å². The van der Waals surface area contributed by atoms with Gasteiger partial charge in [0, 0.05) is 5.02 Å². The number of allylic oxidation sites excluding steroid dienone is 1. The van der Waals surface area contributed by atoms with Crippen molar-refractivity contribution in [2.24, 2.45) is 0 Å². The third kappa shape index (κ3) is 4.36. The van der Waals surface area contributed by atoms with E-state index in [2.05, 4.69) is 30.4 Å². The summed E-state index contributed by atoms with van der Waals surface area (Å²) in [6, 6.07) is 8.55. The summed E-state index contributed by atoms with van der Waals surface area (Å²) in [6.07, 6.45) is 11.4. The summed E-state index contributed by atoms with van der Waals surface area (Å²) >= 11 is 6.42. The van der Waals surface area contributed by atoms with Crippen molar-refractivity contribution in [1.82, 2.24) is 5.32 Å². The summed E-state index contributed by atoms with van der Waals surface area (Å²) in [5.74, 6) is 0. The van der Waals surface area contributed by atoms with Crippen molar-refractivity contribution < 1.29 is 0 Å². The quantitative estimate of drug-likeness (QED) is 0.690. The van der Waals surface area contributed by atoms with E-state index < -0.39 is 0 Å². The zero-order valence-corrected chi connectivity index (χ0v) is 13.3. The van der Waals surface area contributed by atoms with Gasteiger partial charge < -0.3 is 5.32 Å². The summed E-state index contributed by atoms with van der Waals surface area (Å²) in [7, 11) is 0. The molecule has 1 atom stereocenters. The predicted octanol–water partition coefficient (Wildman–Crippen LogP) is 5.66. The van der Waals surface area contributed by atoms with Crippen LogP contribution in [0, 0.1) is 0 Å². The molecule has 1 aliphatic rings. The molecule has 0 heterocycles. The average molecular weight is 292 g/mol. The van der Waals surface area contributed by atoms with Gasteiger partial charge in [-0.05, 0) is 50.3 Å². The van der Waals surface area contributed by atoms with Gasteiger partial charge in [0.1, 0.15) is 0 Å². The molecular formula is C18H26ClN. The highest BCUT2D eigenvalue weighted by molar-refractivity contribution is 6.31. The van der Waals surface area contributed by atoms with Crippen LogP contribution in [0.15, 0.2) is 35.9 Å². The topological polar surface area (TPSA) is 12.0 Å². The Hall–Kier alpha value is -0.790. The summed E-state index contributed by atoms with van der Waals surface area (Å²) < 4.78 is 0. The van der Waals surface area contributed by atoms with Crippen LogP contribution in [0.4, 0.5) is 0 Å². The van der Waals surface area contributed by atoms with Gasteiger partial charge in [0.05, 0.1) is 6.04 Å². The van der Waals surface area contributed by atoms with Crippen LogP contribution < -0.4 is 5.32 Å². The Bertz CT molecular complexity index is 439. The van der Waals surface area contributed by atoms with Crippen LogP contribution in [0.5, 0.6) is 0 Å². The molecule has 0 saturated carbocycles. The zero-order chi connectivity index (χ0) is 14.2. The van der Waals surface area contributed by atoms with E-state index in [1.807, 2.05) is 12.1 Å². The van der Waals surface area contributed by atoms with Crippen LogP contribution in [0.1, 0.15) is 63.5 Å². The maximum atomic E-state index is 6.42. The lowest BCUT2D eigenvalue weighted by Crippen LogP contribution is -2.24. The number of rotatable bonds is 5. The smallest absolute Gasteiger partial charge is 0.0550 e. The fraction of sp³-hybridized carbons (Fsp3) is 0.556. The van der Waals surface area contributed by atoms with E-state index in [1.165, 1.54) is 49.7 Å². The first-order valence-corrected chi connectivity index (χ1v) is 8.37. The van der Waals surface area contributed by atoms with E-state index in [0.29, 0.717) is 6.04 Å². The molecule has 1 unspecified atom stereocenters. The third-order valence-electron chi connectivity index (χ3n) is 4.01. The molecule has 0 amide bonds. The monoisotopic (exact) mass is 291 g/mol. The van der Waals surface area contributed by atoms with Crippen molar-refractivity contribution >= 4 is 11.6 Å². The maximum absolute atomic E-state index is 6.42. The van der Waals surface area contributed by atoms with Crippen LogP contribution in [-0.2, 0) is 0 Å². The minimum atomic E-state index is 0.293. The Morgan fingerprint density at radius 2 is 1.95 bits per heavy atom. The van der Waals surface area contributed by atoms with Gasteiger partial charge in [-0.15, -0.1) is 0 Å². The highest BCUT2D eigenvalue weighted by atomic mass is 35.5. The van der Waals surface area contributed by atoms with Crippen LogP contribution in [-0.4, -0.2) is 6.54 Å². The number of hydrogen-bond acceptors (Lipinski definition) is 1. The number of nitrogens with one attached hydrogen (secondary N) is 1. The lowest BCUT2D eigenvalue weighted by molar-refractivity contribution is 0.541. The molecule has 0 aromatic heterocycles. The van der Waals surface area contributed by atoms with E-state index in [4.69, 9.17) is 11.6 Å². The van der Waals surface area contributed by atoms with Crippen molar-refractivity contribution in [3.8, 4) is 0 Å². The van der Waals surface area contributed by atoms with Crippen molar-refractivity contribution in [3.63, 3.8) is 0 Å². The second kappa shape index (κ2) is 8.49. The molecule has 1 aliphatic carbocycles. The number of halogens is 1. The van der Waals surface area contributed by atoms with Gasteiger partial charge in [-0.1, -0.05) is 61.2 Å². The largest absolute Gasteiger partial charge is 0.306 e. The molecule has 0 aliphatic heterocycles. The molecule has 110 valence electrons. The molecule has 2 heteroatoms. The Balaban J connectivity index is 2.24. The Kier molecular flexibility index (Phi) is 6.62. The van der Waals surface area contributed by atoms with Crippen LogP contribution in [0.3, 0.4) is 0 Å². The first-order chi connectivity index (χ1) is 9.83. The molecule has 20 heavy (non-hydrogen) atoms. The molecule has 1 aromatic rings. The number of hydrogen-bond donors (Lipinski definition) is 1. The SMILES string of the molecule is CCCNC(/C1=C/CCCCCC1)c1ccccc1Cl. The molecule has 0 saturated heterocycles. The summed E-state index contributed by atoms with van der Waals surface area (Å²) in [5.41, 5.74) is 2.76. The summed E-state index contributed by atoms with van der Waals surface area (Å²) in [4.78, 5) is 0. The fourth-order valence-electron chi connectivity index (χ4n) is 2.92. The Labute approximate surface area is 128 Å². The first-order valence-electron chi connectivity index (χ1n) is 7.99. The molecule has 0 bridgehead atoms. The minimum absolute atomic E-state index is 0.293. The van der Waals surface area contributed by atoms with Gasteiger partial charge in [0.2, 0.25) is 0 Å². The lowest BCUT2D eigenvalue weighted by Gasteiger charge is -2.25. The Morgan fingerprint density at radius 1 is 1.15 bits per heavy atom. The predicted molar refractivity (Wildman–Crippen MR) is 88.3 cm³/mol. The number of benzene rings is 1. The molecule has 1 nitrogen and oxygen atoms in total. The van der Waals surface area contributed by atoms with Gasteiger partial charge in [-0.25, -0.2) is 0 Å². The van der Waals surface area contributed by atoms with Gasteiger partial charge in [0.25, 0.3) is 0 Å². The fourth-order valence-corrected chi connectivity index (χ4v) is 3.16. The van der Waals surface area contributed by atoms with E-state index >= 15 is 0 Å². The summed E-state index contributed by atoms with van der Waals surface area (Å²) in [5, 5.41) is 4.57. The van der Waals surface area contributed by atoms with Gasteiger partial charge in [-0.3, -0.25) is 0 Å². The molecular weight excluding hydrogens is 266 g/mol. The molecule has 0 radical (unpaired) electrons. The molecule has 0 spiro atoms. The standard InChI is InChI=1S/C18H26ClN/c1-2-14-20-18(16-12-8-9-13-17(16)19)15-10-6-4-3-5-7-11-15/h8-10,12-13,18,20H,2-7,11,14H2,1H3/b15-10+. The van der Waals surface area contributed by atoms with E-state index in [0.717, 1.165) is 18.0 Å². The Morgan fingerprint density at radius 3 is 2.75 bits per heavy atom.